The van der Waals surface area contributed by atoms with Crippen LogP contribution in [0.4, 0.5) is 5.69 Å². The molecule has 2 rings (SSSR count). The summed E-state index contributed by atoms with van der Waals surface area (Å²) in [6.45, 7) is 2.29. The summed E-state index contributed by atoms with van der Waals surface area (Å²) in [5.41, 5.74) is 1.68. The Balaban J connectivity index is 2.36. The molecule has 1 aromatic carbocycles. The van der Waals surface area contributed by atoms with Crippen molar-refractivity contribution >= 4 is 27.4 Å². The highest BCUT2D eigenvalue weighted by molar-refractivity contribution is 9.10. The van der Waals surface area contributed by atoms with Crippen LogP contribution in [0.1, 0.15) is 36.5 Å². The number of carbonyl (C=O) groups is 1. The lowest BCUT2D eigenvalue weighted by molar-refractivity contribution is 0.101. The number of carbonyl (C=O) groups excluding carboxylic acids is 1. The molecule has 0 heterocycles. The maximum Gasteiger partial charge on any atom is 0.161 e. The van der Waals surface area contributed by atoms with Gasteiger partial charge in [-0.05, 0) is 44.4 Å². The monoisotopic (exact) mass is 311 g/mol. The van der Waals surface area contributed by atoms with Crippen LogP contribution in [0.3, 0.4) is 0 Å². The number of benzene rings is 1. The highest BCUT2D eigenvalue weighted by Gasteiger charge is 2.27. The Labute approximate surface area is 116 Å². The summed E-state index contributed by atoms with van der Waals surface area (Å²) in [5, 5.41) is 9.21. The van der Waals surface area contributed by atoms with Crippen molar-refractivity contribution < 1.29 is 9.90 Å². The molecule has 1 aromatic rings. The van der Waals surface area contributed by atoms with Gasteiger partial charge in [-0.25, -0.2) is 0 Å². The molecule has 0 aliphatic heterocycles. The van der Waals surface area contributed by atoms with E-state index in [4.69, 9.17) is 0 Å². The molecule has 1 aliphatic carbocycles. The summed E-state index contributed by atoms with van der Waals surface area (Å²) < 4.78 is 0.911. The lowest BCUT2D eigenvalue weighted by atomic mass is 9.90. The average molecular weight is 312 g/mol. The highest BCUT2D eigenvalue weighted by Crippen LogP contribution is 2.33. The van der Waals surface area contributed by atoms with E-state index in [1.54, 1.807) is 6.92 Å². The second-order valence-corrected chi connectivity index (χ2v) is 5.64. The van der Waals surface area contributed by atoms with Gasteiger partial charge in [0.25, 0.3) is 0 Å². The van der Waals surface area contributed by atoms with Crippen LogP contribution in [0.2, 0.25) is 0 Å². The Morgan fingerprint density at radius 3 is 2.72 bits per heavy atom. The lowest BCUT2D eigenvalue weighted by Crippen LogP contribution is -2.42. The van der Waals surface area contributed by atoms with Crippen molar-refractivity contribution in [1.82, 2.24) is 0 Å². The first-order valence-electron chi connectivity index (χ1n) is 6.31. The van der Waals surface area contributed by atoms with E-state index in [0.29, 0.717) is 12.6 Å². The van der Waals surface area contributed by atoms with Crippen molar-refractivity contribution in [3.63, 3.8) is 0 Å². The van der Waals surface area contributed by atoms with Gasteiger partial charge in [0.15, 0.2) is 5.78 Å². The summed E-state index contributed by atoms with van der Waals surface area (Å²) in [4.78, 5) is 13.9. The fourth-order valence-electron chi connectivity index (χ4n) is 2.35. The molecule has 0 aromatic heterocycles. The van der Waals surface area contributed by atoms with Gasteiger partial charge in [0.05, 0.1) is 6.61 Å². The highest BCUT2D eigenvalue weighted by atomic mass is 79.9. The minimum atomic E-state index is 0.0635. The molecule has 3 nitrogen and oxygen atoms in total. The van der Waals surface area contributed by atoms with Gasteiger partial charge in [-0.15, -0.1) is 0 Å². The number of aliphatic hydroxyl groups is 1. The number of ketones is 1. The van der Waals surface area contributed by atoms with Crippen molar-refractivity contribution in [3.8, 4) is 0 Å². The third-order valence-corrected chi connectivity index (χ3v) is 4.00. The normalized spacial score (nSPS) is 15.3. The number of halogens is 1. The van der Waals surface area contributed by atoms with Gasteiger partial charge in [0.2, 0.25) is 0 Å². The number of hydrogen-bond donors (Lipinski definition) is 1. The fourth-order valence-corrected chi connectivity index (χ4v) is 2.71. The van der Waals surface area contributed by atoms with E-state index in [-0.39, 0.29) is 12.4 Å². The van der Waals surface area contributed by atoms with Crippen molar-refractivity contribution in [2.75, 3.05) is 18.1 Å². The van der Waals surface area contributed by atoms with Gasteiger partial charge < -0.3 is 10.0 Å². The van der Waals surface area contributed by atoms with Gasteiger partial charge >= 0.3 is 0 Å². The molecule has 1 aliphatic rings. The zero-order valence-electron chi connectivity index (χ0n) is 10.5. The molecule has 18 heavy (non-hydrogen) atoms. The van der Waals surface area contributed by atoms with Crippen LogP contribution < -0.4 is 4.90 Å². The van der Waals surface area contributed by atoms with E-state index in [1.807, 2.05) is 18.2 Å². The zero-order chi connectivity index (χ0) is 13.1. The van der Waals surface area contributed by atoms with Crippen LogP contribution in [0.25, 0.3) is 0 Å². The minimum Gasteiger partial charge on any atom is -0.395 e. The van der Waals surface area contributed by atoms with Crippen LogP contribution in [0.15, 0.2) is 22.7 Å². The Kier molecular flexibility index (Phi) is 4.40. The van der Waals surface area contributed by atoms with Gasteiger partial charge in [-0.3, -0.25) is 4.79 Å². The predicted molar refractivity (Wildman–Crippen MR) is 76.2 cm³/mol. The fraction of sp³-hybridized carbons (Fsp3) is 0.500. The zero-order valence-corrected chi connectivity index (χ0v) is 12.1. The first-order valence-corrected chi connectivity index (χ1v) is 7.10. The summed E-state index contributed by atoms with van der Waals surface area (Å²) in [6.07, 6.45) is 3.53. The molecular weight excluding hydrogens is 294 g/mol. The molecule has 0 unspecified atom stereocenters. The van der Waals surface area contributed by atoms with E-state index in [1.165, 1.54) is 6.42 Å². The minimum absolute atomic E-state index is 0.0635. The van der Waals surface area contributed by atoms with Gasteiger partial charge in [0.1, 0.15) is 0 Å². The smallest absolute Gasteiger partial charge is 0.161 e. The van der Waals surface area contributed by atoms with Crippen LogP contribution in [-0.2, 0) is 0 Å². The standard InChI is InChI=1S/C14H18BrNO2/c1-10(18)13-9-11(15)5-6-14(13)16(7-8-17)12-3-2-4-12/h5-6,9,12,17H,2-4,7-8H2,1H3. The molecule has 0 bridgehead atoms. The quantitative estimate of drug-likeness (QED) is 0.850. The van der Waals surface area contributed by atoms with E-state index >= 15 is 0 Å². The van der Waals surface area contributed by atoms with Crippen molar-refractivity contribution in [3.05, 3.63) is 28.2 Å². The van der Waals surface area contributed by atoms with Crippen LogP contribution in [0, 0.1) is 0 Å². The molecule has 0 saturated heterocycles. The Hall–Kier alpha value is -0.870. The van der Waals surface area contributed by atoms with E-state index in [9.17, 15) is 9.90 Å². The molecule has 1 saturated carbocycles. The maximum atomic E-state index is 11.7. The van der Waals surface area contributed by atoms with E-state index in [2.05, 4.69) is 20.8 Å². The topological polar surface area (TPSA) is 40.5 Å². The third kappa shape index (κ3) is 2.75. The molecule has 0 atom stereocenters. The molecule has 98 valence electrons. The SMILES string of the molecule is CC(=O)c1cc(Br)ccc1N(CCO)C1CCC1. The van der Waals surface area contributed by atoms with Crippen LogP contribution in [0.5, 0.6) is 0 Å². The number of Topliss-reactive ketones (excluding diaryl/α,β-unsaturated/α-hetero) is 1. The number of nitrogens with zero attached hydrogens (tertiary/aromatic N) is 1. The van der Waals surface area contributed by atoms with Gasteiger partial charge in [-0.2, -0.15) is 0 Å². The Morgan fingerprint density at radius 2 is 2.22 bits per heavy atom. The van der Waals surface area contributed by atoms with Crippen LogP contribution in [-0.4, -0.2) is 30.1 Å². The maximum absolute atomic E-state index is 11.7. The van der Waals surface area contributed by atoms with Crippen LogP contribution >= 0.6 is 15.9 Å². The Bertz CT molecular complexity index is 443. The average Bonchev–Trinajstić information content (AvgIpc) is 2.26. The summed E-state index contributed by atoms with van der Waals surface area (Å²) in [6, 6.07) is 6.25. The Morgan fingerprint density at radius 1 is 1.50 bits per heavy atom. The second kappa shape index (κ2) is 5.85. The second-order valence-electron chi connectivity index (χ2n) is 4.72. The first kappa shape index (κ1) is 13.6. The number of rotatable bonds is 5. The van der Waals surface area contributed by atoms with Gasteiger partial charge in [0, 0.05) is 28.3 Å². The summed E-state index contributed by atoms with van der Waals surface area (Å²) in [7, 11) is 0. The summed E-state index contributed by atoms with van der Waals surface area (Å²) >= 11 is 3.40. The molecule has 1 N–H and O–H groups in total. The predicted octanol–water partition coefficient (Wildman–Crippen LogP) is 3.00. The number of hydrogen-bond acceptors (Lipinski definition) is 3. The van der Waals surface area contributed by atoms with Crippen molar-refractivity contribution in [2.45, 2.75) is 32.2 Å². The van der Waals surface area contributed by atoms with Gasteiger partial charge in [-0.1, -0.05) is 15.9 Å². The number of anilines is 1. The molecular formula is C14H18BrNO2. The van der Waals surface area contributed by atoms with Crippen molar-refractivity contribution in [2.24, 2.45) is 0 Å². The van der Waals surface area contributed by atoms with E-state index in [0.717, 1.165) is 28.6 Å². The molecule has 4 heteroatoms. The molecule has 1 fully saturated rings. The largest absolute Gasteiger partial charge is 0.395 e. The van der Waals surface area contributed by atoms with E-state index < -0.39 is 0 Å². The first-order chi connectivity index (χ1) is 8.63. The number of aliphatic hydroxyl groups excluding tert-OH is 1. The lowest BCUT2D eigenvalue weighted by Gasteiger charge is -2.39. The summed E-state index contributed by atoms with van der Waals surface area (Å²) in [5.74, 6) is 0.0635. The molecule has 0 amide bonds. The third-order valence-electron chi connectivity index (χ3n) is 3.50. The molecule has 0 radical (unpaired) electrons. The van der Waals surface area contributed by atoms with Crippen molar-refractivity contribution in [1.29, 1.82) is 0 Å². The molecule has 0 spiro atoms.